The number of rotatable bonds is 32. The van der Waals surface area contributed by atoms with Crippen molar-refractivity contribution in [1.82, 2.24) is 4.90 Å². The van der Waals surface area contributed by atoms with E-state index in [1.807, 2.05) is 0 Å². The van der Waals surface area contributed by atoms with Gasteiger partial charge in [-0.2, -0.15) is 0 Å². The summed E-state index contributed by atoms with van der Waals surface area (Å²) in [6.45, 7) is 11.5. The standard InChI is InChI=1S/C47H87NO4/c1-6-10-14-17-20-24-27-40(28-25-21-18-15-11-7-2)37-41(29-26-22-19-16-12-8-3)39-51-46(49)38-43-31-32-45(44(43)30-23-13-9-4)52-47(50)42-33-35-48(5)36-34-42/h13,23,40-45H,6-12,14-22,24-39H2,1-5H3/b23-13-. The molecule has 1 aliphatic carbocycles. The van der Waals surface area contributed by atoms with Crippen molar-refractivity contribution in [1.29, 1.82) is 0 Å². The third-order valence-electron chi connectivity index (χ3n) is 12.5. The highest BCUT2D eigenvalue weighted by atomic mass is 16.5. The van der Waals surface area contributed by atoms with E-state index in [-0.39, 0.29) is 35.8 Å². The number of hydrogen-bond acceptors (Lipinski definition) is 5. The molecule has 2 rings (SSSR count). The van der Waals surface area contributed by atoms with Gasteiger partial charge in [0.1, 0.15) is 6.10 Å². The topological polar surface area (TPSA) is 55.8 Å². The van der Waals surface area contributed by atoms with E-state index in [0.717, 1.165) is 57.5 Å². The largest absolute Gasteiger partial charge is 0.465 e. The van der Waals surface area contributed by atoms with Gasteiger partial charge in [0.15, 0.2) is 0 Å². The SMILES string of the molecule is CC/C=C\CC1C(CC(=O)OCC(CCCCCCCC)CC(CCCCCCCC)CCCCCCCC)CCC1OC(=O)C1CCN(C)CC1. The third-order valence-corrected chi connectivity index (χ3v) is 12.5. The lowest BCUT2D eigenvalue weighted by Gasteiger charge is -2.30. The summed E-state index contributed by atoms with van der Waals surface area (Å²) in [6, 6.07) is 0. The van der Waals surface area contributed by atoms with E-state index >= 15 is 0 Å². The molecule has 0 aromatic rings. The van der Waals surface area contributed by atoms with Gasteiger partial charge in [0.05, 0.1) is 12.5 Å². The molecule has 0 bridgehead atoms. The van der Waals surface area contributed by atoms with Gasteiger partial charge >= 0.3 is 11.9 Å². The Morgan fingerprint density at radius 3 is 1.71 bits per heavy atom. The van der Waals surface area contributed by atoms with Crippen LogP contribution in [0.25, 0.3) is 0 Å². The summed E-state index contributed by atoms with van der Waals surface area (Å²) in [5.74, 6) is 1.61. The van der Waals surface area contributed by atoms with Crippen LogP contribution in [0.1, 0.15) is 214 Å². The van der Waals surface area contributed by atoms with Gasteiger partial charge in [-0.25, -0.2) is 0 Å². The molecule has 4 unspecified atom stereocenters. The Kier molecular flexibility index (Phi) is 27.8. The smallest absolute Gasteiger partial charge is 0.309 e. The third kappa shape index (κ3) is 21.5. The van der Waals surface area contributed by atoms with Crippen LogP contribution in [0.3, 0.4) is 0 Å². The molecule has 2 fully saturated rings. The summed E-state index contributed by atoms with van der Waals surface area (Å²) in [5, 5.41) is 0. The molecule has 0 spiro atoms. The molecule has 52 heavy (non-hydrogen) atoms. The number of carbonyl (C=O) groups is 2. The van der Waals surface area contributed by atoms with Crippen LogP contribution in [-0.4, -0.2) is 49.7 Å². The number of hydrogen-bond donors (Lipinski definition) is 0. The molecule has 304 valence electrons. The lowest BCUT2D eigenvalue weighted by molar-refractivity contribution is -0.157. The monoisotopic (exact) mass is 730 g/mol. The lowest BCUT2D eigenvalue weighted by atomic mass is 9.84. The molecule has 0 amide bonds. The maximum Gasteiger partial charge on any atom is 0.309 e. The van der Waals surface area contributed by atoms with Crippen molar-refractivity contribution in [3.05, 3.63) is 12.2 Å². The van der Waals surface area contributed by atoms with Gasteiger partial charge < -0.3 is 14.4 Å². The predicted octanol–water partition coefficient (Wildman–Crippen LogP) is 13.4. The lowest BCUT2D eigenvalue weighted by Crippen LogP contribution is -2.36. The summed E-state index contributed by atoms with van der Waals surface area (Å²) in [5.41, 5.74) is 0. The maximum absolute atomic E-state index is 13.6. The highest BCUT2D eigenvalue weighted by Crippen LogP contribution is 2.40. The van der Waals surface area contributed by atoms with Crippen molar-refractivity contribution in [3.63, 3.8) is 0 Å². The van der Waals surface area contributed by atoms with Crippen LogP contribution < -0.4 is 0 Å². The zero-order valence-corrected chi connectivity index (χ0v) is 35.3. The predicted molar refractivity (Wildman–Crippen MR) is 222 cm³/mol. The Hall–Kier alpha value is -1.36. The van der Waals surface area contributed by atoms with Crippen molar-refractivity contribution < 1.29 is 19.1 Å². The number of ether oxygens (including phenoxy) is 2. The van der Waals surface area contributed by atoms with Crippen LogP contribution in [0.4, 0.5) is 0 Å². The van der Waals surface area contributed by atoms with Gasteiger partial charge in [0, 0.05) is 12.3 Å². The second kappa shape index (κ2) is 30.9. The quantitative estimate of drug-likeness (QED) is 0.0392. The van der Waals surface area contributed by atoms with E-state index in [2.05, 4.69) is 51.8 Å². The molecule has 2 aliphatic rings. The van der Waals surface area contributed by atoms with Crippen molar-refractivity contribution in [2.75, 3.05) is 26.7 Å². The second-order valence-electron chi connectivity index (χ2n) is 17.2. The van der Waals surface area contributed by atoms with Crippen molar-refractivity contribution in [2.24, 2.45) is 29.6 Å². The molecule has 1 aliphatic heterocycles. The van der Waals surface area contributed by atoms with E-state index in [0.29, 0.717) is 18.9 Å². The average molecular weight is 730 g/mol. The van der Waals surface area contributed by atoms with E-state index in [1.54, 1.807) is 0 Å². The first-order valence-electron chi connectivity index (χ1n) is 23.1. The van der Waals surface area contributed by atoms with Gasteiger partial charge in [-0.3, -0.25) is 9.59 Å². The Morgan fingerprint density at radius 1 is 0.654 bits per heavy atom. The van der Waals surface area contributed by atoms with Crippen LogP contribution >= 0.6 is 0 Å². The van der Waals surface area contributed by atoms with Crippen LogP contribution in [-0.2, 0) is 19.1 Å². The first-order valence-corrected chi connectivity index (χ1v) is 23.1. The zero-order chi connectivity index (χ0) is 37.7. The van der Waals surface area contributed by atoms with Crippen LogP contribution in [0.15, 0.2) is 12.2 Å². The maximum atomic E-state index is 13.6. The van der Waals surface area contributed by atoms with Gasteiger partial charge in [0.2, 0.25) is 0 Å². The fourth-order valence-electron chi connectivity index (χ4n) is 9.01. The fraction of sp³-hybridized carbons (Fsp3) is 0.915. The van der Waals surface area contributed by atoms with Crippen LogP contribution in [0.5, 0.6) is 0 Å². The first-order chi connectivity index (χ1) is 25.4. The van der Waals surface area contributed by atoms with E-state index in [1.165, 1.54) is 141 Å². The number of allylic oxidation sites excluding steroid dienone is 2. The number of carbonyl (C=O) groups excluding carboxylic acids is 2. The van der Waals surface area contributed by atoms with Gasteiger partial charge in [-0.1, -0.05) is 168 Å². The van der Waals surface area contributed by atoms with Crippen molar-refractivity contribution in [2.45, 2.75) is 220 Å². The van der Waals surface area contributed by atoms with Crippen molar-refractivity contribution in [3.8, 4) is 0 Å². The summed E-state index contributed by atoms with van der Waals surface area (Å²) in [6.07, 6.45) is 39.5. The Balaban J connectivity index is 1.99. The number of esters is 2. The molecule has 5 nitrogen and oxygen atoms in total. The summed E-state index contributed by atoms with van der Waals surface area (Å²) >= 11 is 0. The minimum atomic E-state index is -0.0865. The molecule has 0 aromatic heterocycles. The molecule has 0 aromatic carbocycles. The van der Waals surface area contributed by atoms with E-state index < -0.39 is 0 Å². The normalized spacial score (nSPS) is 20.6. The number of unbranched alkanes of at least 4 members (excludes halogenated alkanes) is 15. The first kappa shape index (κ1) is 46.8. The summed E-state index contributed by atoms with van der Waals surface area (Å²) < 4.78 is 12.5. The highest BCUT2D eigenvalue weighted by molar-refractivity contribution is 5.73. The zero-order valence-electron chi connectivity index (χ0n) is 35.3. The number of nitrogens with zero attached hydrogens (tertiary/aromatic N) is 1. The van der Waals surface area contributed by atoms with E-state index in [9.17, 15) is 9.59 Å². The molecule has 1 saturated heterocycles. The van der Waals surface area contributed by atoms with Gasteiger partial charge in [0.25, 0.3) is 0 Å². The van der Waals surface area contributed by atoms with Gasteiger partial charge in [-0.05, 0) is 89.3 Å². The Labute approximate surface area is 323 Å². The average Bonchev–Trinajstić information content (AvgIpc) is 3.51. The minimum absolute atomic E-state index is 0.0141. The Bertz CT molecular complexity index is 880. The Morgan fingerprint density at radius 2 is 1.17 bits per heavy atom. The molecule has 1 saturated carbocycles. The molecular weight excluding hydrogens is 643 g/mol. The number of likely N-dealkylation sites (tertiary alicyclic amines) is 1. The summed E-state index contributed by atoms with van der Waals surface area (Å²) in [7, 11) is 2.13. The molecule has 0 radical (unpaired) electrons. The molecule has 4 atom stereocenters. The van der Waals surface area contributed by atoms with Crippen molar-refractivity contribution >= 4 is 11.9 Å². The second-order valence-corrected chi connectivity index (χ2v) is 17.2. The molecule has 1 heterocycles. The van der Waals surface area contributed by atoms with E-state index in [4.69, 9.17) is 9.47 Å². The fourth-order valence-corrected chi connectivity index (χ4v) is 9.01. The summed E-state index contributed by atoms with van der Waals surface area (Å²) in [4.78, 5) is 29.0. The van der Waals surface area contributed by atoms with Crippen LogP contribution in [0.2, 0.25) is 0 Å². The molecule has 0 N–H and O–H groups in total. The minimum Gasteiger partial charge on any atom is -0.465 e. The van der Waals surface area contributed by atoms with Gasteiger partial charge in [-0.15, -0.1) is 0 Å². The molecule has 5 heteroatoms. The highest BCUT2D eigenvalue weighted by Gasteiger charge is 2.40. The van der Waals surface area contributed by atoms with Crippen LogP contribution in [0, 0.1) is 29.6 Å². The number of piperidine rings is 1. The molecular formula is C47H87NO4.